The highest BCUT2D eigenvalue weighted by Crippen LogP contribution is 2.37. The van der Waals surface area contributed by atoms with E-state index in [-0.39, 0.29) is 23.2 Å². The summed E-state index contributed by atoms with van der Waals surface area (Å²) in [6.45, 7) is -0.489. The lowest BCUT2D eigenvalue weighted by molar-refractivity contribution is -0.143. The van der Waals surface area contributed by atoms with Crippen LogP contribution in [0.3, 0.4) is 0 Å². The molecule has 1 aromatic heterocycles. The zero-order valence-electron chi connectivity index (χ0n) is 13.9. The molecule has 3 aromatic rings. The van der Waals surface area contributed by atoms with Gasteiger partial charge in [0.25, 0.3) is 0 Å². The second-order valence-corrected chi connectivity index (χ2v) is 6.98. The fourth-order valence-corrected chi connectivity index (χ4v) is 3.50. The fourth-order valence-electron chi connectivity index (χ4n) is 2.56. The van der Waals surface area contributed by atoms with Crippen LogP contribution in [-0.4, -0.2) is 5.84 Å². The van der Waals surface area contributed by atoms with Crippen LogP contribution in [0.5, 0.6) is 5.75 Å². The lowest BCUT2D eigenvalue weighted by Gasteiger charge is -2.15. The highest BCUT2D eigenvalue weighted by Gasteiger charge is 2.36. The molecule has 0 unspecified atom stereocenters. The molecule has 10 heteroatoms. The Kier molecular flexibility index (Phi) is 5.00. The number of ether oxygens (including phenoxy) is 1. The Hall–Kier alpha value is -2.75. The van der Waals surface area contributed by atoms with Crippen LogP contribution in [0, 0.1) is 5.41 Å². The van der Waals surface area contributed by atoms with Gasteiger partial charge in [-0.05, 0) is 42.0 Å². The molecular weight excluding hydrogens is 406 g/mol. The van der Waals surface area contributed by atoms with Gasteiger partial charge in [0.15, 0.2) is 0 Å². The number of alkyl halides is 6. The van der Waals surface area contributed by atoms with Gasteiger partial charge in [0, 0.05) is 10.1 Å². The number of nitrogens with one attached hydrogen (secondary N) is 1. The van der Waals surface area contributed by atoms with Crippen LogP contribution in [0.1, 0.15) is 21.6 Å². The molecule has 2 aromatic carbocycles. The Balaban J connectivity index is 1.94. The summed E-state index contributed by atoms with van der Waals surface area (Å²) in [7, 11) is 0. The topological polar surface area (TPSA) is 59.1 Å². The largest absolute Gasteiger partial charge is 0.488 e. The van der Waals surface area contributed by atoms with Crippen LogP contribution in [0.2, 0.25) is 0 Å². The lowest BCUT2D eigenvalue weighted by Crippen LogP contribution is -2.12. The van der Waals surface area contributed by atoms with E-state index < -0.39 is 30.1 Å². The maximum Gasteiger partial charge on any atom is 0.416 e. The van der Waals surface area contributed by atoms with Crippen LogP contribution in [-0.2, 0) is 19.0 Å². The van der Waals surface area contributed by atoms with Crippen molar-refractivity contribution >= 4 is 27.3 Å². The molecule has 3 rings (SSSR count). The first-order chi connectivity index (χ1) is 12.9. The van der Waals surface area contributed by atoms with E-state index in [0.717, 1.165) is 4.70 Å². The monoisotopic (exact) mass is 418 g/mol. The number of hydrogen-bond acceptors (Lipinski definition) is 3. The van der Waals surface area contributed by atoms with Gasteiger partial charge >= 0.3 is 12.4 Å². The average molecular weight is 418 g/mol. The molecule has 0 radical (unpaired) electrons. The summed E-state index contributed by atoms with van der Waals surface area (Å²) in [6.07, 6.45) is -9.83. The molecule has 0 amide bonds. The minimum Gasteiger partial charge on any atom is -0.488 e. The standard InChI is InChI=1S/C18H12F6N2OS/c19-17(20,21)10-4-9(5-11(6-10)18(22,23)24)8-27-13-2-1-3-14-12(13)7-15(28-14)16(25)26/h1-7H,8H2,(H3,25,26). The van der Waals surface area contributed by atoms with Crippen molar-refractivity contribution in [1.29, 1.82) is 5.41 Å². The molecule has 0 spiro atoms. The summed E-state index contributed by atoms with van der Waals surface area (Å²) in [6, 6.07) is 7.83. The predicted molar refractivity (Wildman–Crippen MR) is 93.6 cm³/mol. The van der Waals surface area contributed by atoms with Crippen LogP contribution >= 0.6 is 11.3 Å². The number of halogens is 6. The molecule has 0 bridgehead atoms. The number of nitrogens with two attached hydrogens (primary N) is 1. The first-order valence-corrected chi connectivity index (χ1v) is 8.55. The summed E-state index contributed by atoms with van der Waals surface area (Å²) >= 11 is 1.23. The molecule has 0 saturated heterocycles. The normalized spacial score (nSPS) is 12.4. The van der Waals surface area contributed by atoms with E-state index in [0.29, 0.717) is 22.4 Å². The third-order valence-electron chi connectivity index (χ3n) is 3.83. The van der Waals surface area contributed by atoms with E-state index in [4.69, 9.17) is 15.9 Å². The van der Waals surface area contributed by atoms with E-state index >= 15 is 0 Å². The average Bonchev–Trinajstić information content (AvgIpc) is 3.03. The fraction of sp³-hybridized carbons (Fsp3) is 0.167. The third-order valence-corrected chi connectivity index (χ3v) is 4.96. The zero-order chi connectivity index (χ0) is 20.7. The Morgan fingerprint density at radius 2 is 1.57 bits per heavy atom. The molecule has 0 fully saturated rings. The third kappa shape index (κ3) is 4.22. The van der Waals surface area contributed by atoms with Gasteiger partial charge in [-0.25, -0.2) is 0 Å². The molecule has 0 atom stereocenters. The molecular formula is C18H12F6N2OS. The number of hydrogen-bond donors (Lipinski definition) is 2. The van der Waals surface area contributed by atoms with E-state index in [1.54, 1.807) is 18.2 Å². The van der Waals surface area contributed by atoms with Crippen molar-refractivity contribution in [2.75, 3.05) is 0 Å². The van der Waals surface area contributed by atoms with Crippen LogP contribution in [0.25, 0.3) is 10.1 Å². The van der Waals surface area contributed by atoms with Gasteiger partial charge in [0.05, 0.1) is 16.0 Å². The number of nitrogen functional groups attached to an aromatic ring is 1. The van der Waals surface area contributed by atoms with Gasteiger partial charge in [-0.2, -0.15) is 26.3 Å². The molecule has 3 nitrogen and oxygen atoms in total. The van der Waals surface area contributed by atoms with Crippen LogP contribution < -0.4 is 10.5 Å². The van der Waals surface area contributed by atoms with Gasteiger partial charge in [-0.1, -0.05) is 6.07 Å². The van der Waals surface area contributed by atoms with Gasteiger partial charge in [0.1, 0.15) is 18.2 Å². The van der Waals surface area contributed by atoms with Crippen LogP contribution in [0.15, 0.2) is 42.5 Å². The molecule has 1 heterocycles. The summed E-state index contributed by atoms with van der Waals surface area (Å²) in [4.78, 5) is 0.476. The number of amidine groups is 1. The number of thiophene rings is 1. The number of benzene rings is 2. The van der Waals surface area contributed by atoms with Gasteiger partial charge in [0.2, 0.25) is 0 Å². The van der Waals surface area contributed by atoms with Crippen molar-refractivity contribution in [2.45, 2.75) is 19.0 Å². The molecule has 0 aliphatic rings. The Bertz CT molecular complexity index is 1010. The van der Waals surface area contributed by atoms with Gasteiger partial charge < -0.3 is 10.5 Å². The molecule has 0 aliphatic carbocycles. The predicted octanol–water partition coefficient (Wildman–Crippen LogP) is 5.80. The van der Waals surface area contributed by atoms with E-state index in [2.05, 4.69) is 0 Å². The van der Waals surface area contributed by atoms with Crippen molar-refractivity contribution in [3.63, 3.8) is 0 Å². The highest BCUT2D eigenvalue weighted by atomic mass is 32.1. The van der Waals surface area contributed by atoms with E-state index in [9.17, 15) is 26.3 Å². The molecule has 0 aliphatic heterocycles. The summed E-state index contributed by atoms with van der Waals surface area (Å²) in [5, 5.41) is 8.04. The molecule has 148 valence electrons. The van der Waals surface area contributed by atoms with Crippen molar-refractivity contribution in [3.05, 3.63) is 64.0 Å². The van der Waals surface area contributed by atoms with Crippen molar-refractivity contribution in [3.8, 4) is 5.75 Å². The Morgan fingerprint density at radius 3 is 2.11 bits per heavy atom. The Labute approximate surface area is 158 Å². The lowest BCUT2D eigenvalue weighted by atomic mass is 10.1. The maximum atomic E-state index is 12.9. The number of rotatable bonds is 4. The van der Waals surface area contributed by atoms with Crippen molar-refractivity contribution in [1.82, 2.24) is 0 Å². The minimum absolute atomic E-state index is 0.0717. The SMILES string of the molecule is N=C(N)c1cc2c(OCc3cc(C(F)(F)F)cc(C(F)(F)F)c3)cccc2s1. The highest BCUT2D eigenvalue weighted by molar-refractivity contribution is 7.20. The molecule has 28 heavy (non-hydrogen) atoms. The Morgan fingerprint density at radius 1 is 0.964 bits per heavy atom. The van der Waals surface area contributed by atoms with E-state index in [1.165, 1.54) is 17.4 Å². The smallest absolute Gasteiger partial charge is 0.416 e. The second kappa shape index (κ2) is 7.01. The first kappa shape index (κ1) is 20.0. The maximum absolute atomic E-state index is 12.9. The van der Waals surface area contributed by atoms with Crippen molar-refractivity contribution in [2.24, 2.45) is 5.73 Å². The summed E-state index contributed by atoms with van der Waals surface area (Å²) in [5.41, 5.74) is 2.39. The van der Waals surface area contributed by atoms with Gasteiger partial charge in [-0.3, -0.25) is 5.41 Å². The second-order valence-electron chi connectivity index (χ2n) is 5.90. The molecule has 3 N–H and O–H groups in total. The number of fused-ring (bicyclic) bond motifs is 1. The quantitative estimate of drug-likeness (QED) is 0.320. The summed E-state index contributed by atoms with van der Waals surface area (Å²) in [5.74, 6) is 0.118. The zero-order valence-corrected chi connectivity index (χ0v) is 14.7. The van der Waals surface area contributed by atoms with Crippen LogP contribution in [0.4, 0.5) is 26.3 Å². The van der Waals surface area contributed by atoms with Gasteiger partial charge in [-0.15, -0.1) is 11.3 Å². The molecule has 0 saturated carbocycles. The summed E-state index contributed by atoms with van der Waals surface area (Å²) < 4.78 is 83.9. The first-order valence-electron chi connectivity index (χ1n) is 7.73. The van der Waals surface area contributed by atoms with E-state index in [1.807, 2.05) is 0 Å². The van der Waals surface area contributed by atoms with Crippen molar-refractivity contribution < 1.29 is 31.1 Å². The minimum atomic E-state index is -4.92.